The first-order chi connectivity index (χ1) is 15.2. The predicted octanol–water partition coefficient (Wildman–Crippen LogP) is 3.92. The van der Waals surface area contributed by atoms with E-state index in [1.807, 2.05) is 36.6 Å². The van der Waals surface area contributed by atoms with Crippen molar-refractivity contribution in [2.24, 2.45) is 5.14 Å². The molecule has 0 saturated carbocycles. The lowest BCUT2D eigenvalue weighted by Crippen LogP contribution is -2.23. The van der Waals surface area contributed by atoms with Crippen LogP contribution in [0.1, 0.15) is 17.4 Å². The number of hydrogen-bond acceptors (Lipinski definition) is 8. The van der Waals surface area contributed by atoms with Crippen molar-refractivity contribution < 1.29 is 22.8 Å². The third-order valence-corrected chi connectivity index (χ3v) is 6.51. The lowest BCUT2D eigenvalue weighted by molar-refractivity contribution is -0.384. The summed E-state index contributed by atoms with van der Waals surface area (Å²) in [5.74, 6) is 1.14. The Morgan fingerprint density at radius 1 is 1.16 bits per heavy atom. The average molecular weight is 478 g/mol. The Kier molecular flexibility index (Phi) is 7.33. The first-order valence-electron chi connectivity index (χ1n) is 9.61. The SMILES string of the molecule is CCN(Cc1ccc(OCc2cccs2)c(OC)c1)c1ccc(S(N)(=O)=O)cc1[N+](=O)[O-]. The summed E-state index contributed by atoms with van der Waals surface area (Å²) in [5.41, 5.74) is 0.806. The van der Waals surface area contributed by atoms with Gasteiger partial charge in [-0.15, -0.1) is 11.3 Å². The molecule has 0 radical (unpaired) electrons. The molecule has 11 heteroatoms. The summed E-state index contributed by atoms with van der Waals surface area (Å²) < 4.78 is 34.5. The fourth-order valence-electron chi connectivity index (χ4n) is 3.15. The van der Waals surface area contributed by atoms with Gasteiger partial charge in [0.05, 0.1) is 16.9 Å². The molecule has 0 fully saturated rings. The Morgan fingerprint density at radius 2 is 1.94 bits per heavy atom. The van der Waals surface area contributed by atoms with Gasteiger partial charge in [0, 0.05) is 24.0 Å². The number of sulfonamides is 1. The molecule has 0 aliphatic rings. The van der Waals surface area contributed by atoms with E-state index in [0.717, 1.165) is 16.5 Å². The van der Waals surface area contributed by atoms with Crippen molar-refractivity contribution in [3.05, 3.63) is 74.5 Å². The number of nitrogens with two attached hydrogens (primary N) is 1. The number of methoxy groups -OCH3 is 1. The normalized spacial score (nSPS) is 11.2. The van der Waals surface area contributed by atoms with E-state index in [4.69, 9.17) is 14.6 Å². The third-order valence-electron chi connectivity index (χ3n) is 4.75. The Morgan fingerprint density at radius 3 is 2.53 bits per heavy atom. The van der Waals surface area contributed by atoms with Crippen molar-refractivity contribution in [1.29, 1.82) is 0 Å². The number of thiophene rings is 1. The fourth-order valence-corrected chi connectivity index (χ4v) is 4.30. The quantitative estimate of drug-likeness (QED) is 0.346. The van der Waals surface area contributed by atoms with Crippen LogP contribution in [0.25, 0.3) is 0 Å². The van der Waals surface area contributed by atoms with E-state index < -0.39 is 14.9 Å². The Hall–Kier alpha value is -3.15. The maximum absolute atomic E-state index is 11.6. The highest BCUT2D eigenvalue weighted by atomic mass is 32.2. The smallest absolute Gasteiger partial charge is 0.293 e. The minimum atomic E-state index is -4.06. The van der Waals surface area contributed by atoms with Crippen molar-refractivity contribution in [2.45, 2.75) is 25.0 Å². The van der Waals surface area contributed by atoms with Crippen LogP contribution in [0, 0.1) is 10.1 Å². The van der Waals surface area contributed by atoms with Crippen LogP contribution < -0.4 is 19.5 Å². The second-order valence-electron chi connectivity index (χ2n) is 6.82. The van der Waals surface area contributed by atoms with Gasteiger partial charge >= 0.3 is 0 Å². The summed E-state index contributed by atoms with van der Waals surface area (Å²) in [4.78, 5) is 13.5. The van der Waals surface area contributed by atoms with Crippen LogP contribution in [0.2, 0.25) is 0 Å². The molecule has 2 N–H and O–H groups in total. The van der Waals surface area contributed by atoms with Gasteiger partial charge in [-0.1, -0.05) is 12.1 Å². The van der Waals surface area contributed by atoms with Crippen LogP contribution in [0.15, 0.2) is 58.8 Å². The second-order valence-corrected chi connectivity index (χ2v) is 9.41. The zero-order valence-electron chi connectivity index (χ0n) is 17.6. The minimum Gasteiger partial charge on any atom is -0.493 e. The molecule has 2 aromatic carbocycles. The fraction of sp³-hybridized carbons (Fsp3) is 0.238. The van der Waals surface area contributed by atoms with E-state index in [2.05, 4.69) is 0 Å². The van der Waals surface area contributed by atoms with Crippen molar-refractivity contribution in [1.82, 2.24) is 0 Å². The largest absolute Gasteiger partial charge is 0.493 e. The van der Waals surface area contributed by atoms with Crippen LogP contribution >= 0.6 is 11.3 Å². The molecule has 9 nitrogen and oxygen atoms in total. The first-order valence-corrected chi connectivity index (χ1v) is 12.0. The molecule has 32 heavy (non-hydrogen) atoms. The molecule has 3 rings (SSSR count). The van der Waals surface area contributed by atoms with Crippen LogP contribution in [-0.4, -0.2) is 27.0 Å². The number of anilines is 1. The molecule has 0 amide bonds. The van der Waals surface area contributed by atoms with E-state index in [0.29, 0.717) is 36.9 Å². The number of hydrogen-bond donors (Lipinski definition) is 1. The zero-order chi connectivity index (χ0) is 23.3. The summed E-state index contributed by atoms with van der Waals surface area (Å²) in [6, 6.07) is 13.1. The molecule has 1 aromatic heterocycles. The highest BCUT2D eigenvalue weighted by Crippen LogP contribution is 2.34. The highest BCUT2D eigenvalue weighted by Gasteiger charge is 2.23. The van der Waals surface area contributed by atoms with Crippen LogP contribution in [0.4, 0.5) is 11.4 Å². The molecule has 0 atom stereocenters. The van der Waals surface area contributed by atoms with Gasteiger partial charge in [-0.3, -0.25) is 10.1 Å². The second kappa shape index (κ2) is 9.98. The Bertz CT molecular complexity index is 1200. The van der Waals surface area contributed by atoms with Crippen molar-refractivity contribution >= 4 is 32.7 Å². The molecule has 0 spiro atoms. The molecule has 0 aliphatic heterocycles. The van der Waals surface area contributed by atoms with E-state index in [1.165, 1.54) is 12.1 Å². The molecule has 0 bridgehead atoms. The maximum Gasteiger partial charge on any atom is 0.293 e. The average Bonchev–Trinajstić information content (AvgIpc) is 3.29. The van der Waals surface area contributed by atoms with E-state index in [1.54, 1.807) is 29.4 Å². The molecule has 0 saturated heterocycles. The molecule has 1 heterocycles. The van der Waals surface area contributed by atoms with Gasteiger partial charge in [0.2, 0.25) is 10.0 Å². The number of nitro benzene ring substituents is 1. The zero-order valence-corrected chi connectivity index (χ0v) is 19.2. The van der Waals surface area contributed by atoms with Crippen molar-refractivity contribution in [2.75, 3.05) is 18.6 Å². The van der Waals surface area contributed by atoms with Gasteiger partial charge in [0.1, 0.15) is 12.3 Å². The molecular formula is C21H23N3O6S2. The third kappa shape index (κ3) is 5.55. The van der Waals surface area contributed by atoms with Gasteiger partial charge in [-0.05, 0) is 48.2 Å². The van der Waals surface area contributed by atoms with Crippen LogP contribution in [-0.2, 0) is 23.2 Å². The topological polar surface area (TPSA) is 125 Å². The Labute approximate surface area is 190 Å². The lowest BCUT2D eigenvalue weighted by atomic mass is 10.1. The Balaban J connectivity index is 1.85. The standard InChI is InChI=1S/C21H23N3O6S2/c1-3-23(18-8-7-17(32(22,27)28)12-19(18)24(25)26)13-15-6-9-20(21(11-15)29-2)30-14-16-5-4-10-31-16/h4-12H,3,13-14H2,1-2H3,(H2,22,27,28). The number of rotatable bonds is 10. The van der Waals surface area contributed by atoms with E-state index in [-0.39, 0.29) is 10.6 Å². The highest BCUT2D eigenvalue weighted by molar-refractivity contribution is 7.89. The molecule has 0 unspecified atom stereocenters. The number of benzene rings is 2. The van der Waals surface area contributed by atoms with E-state index >= 15 is 0 Å². The summed E-state index contributed by atoms with van der Waals surface area (Å²) in [5, 5.41) is 18.7. The van der Waals surface area contributed by atoms with Gasteiger partial charge < -0.3 is 14.4 Å². The monoisotopic (exact) mass is 477 g/mol. The molecule has 3 aromatic rings. The first kappa shape index (κ1) is 23.5. The molecule has 0 aliphatic carbocycles. The van der Waals surface area contributed by atoms with Crippen molar-refractivity contribution in [3.8, 4) is 11.5 Å². The van der Waals surface area contributed by atoms with Crippen molar-refractivity contribution in [3.63, 3.8) is 0 Å². The van der Waals surface area contributed by atoms with Gasteiger partial charge in [-0.2, -0.15) is 0 Å². The lowest BCUT2D eigenvalue weighted by Gasteiger charge is -2.23. The van der Waals surface area contributed by atoms with Gasteiger partial charge in [0.15, 0.2) is 11.5 Å². The van der Waals surface area contributed by atoms with Gasteiger partial charge in [0.25, 0.3) is 5.69 Å². The molecule has 170 valence electrons. The minimum absolute atomic E-state index is 0.293. The van der Waals surface area contributed by atoms with Crippen LogP contribution in [0.5, 0.6) is 11.5 Å². The number of nitrogens with zero attached hydrogens (tertiary/aromatic N) is 2. The van der Waals surface area contributed by atoms with Gasteiger partial charge in [-0.25, -0.2) is 13.6 Å². The maximum atomic E-state index is 11.6. The van der Waals surface area contributed by atoms with Crippen LogP contribution in [0.3, 0.4) is 0 Å². The summed E-state index contributed by atoms with van der Waals surface area (Å²) in [7, 11) is -2.51. The van der Waals surface area contributed by atoms with E-state index in [9.17, 15) is 18.5 Å². The predicted molar refractivity (Wildman–Crippen MR) is 123 cm³/mol. The number of ether oxygens (including phenoxy) is 2. The number of nitro groups is 1. The molecular weight excluding hydrogens is 454 g/mol. The summed E-state index contributed by atoms with van der Waals surface area (Å²) in [6.45, 7) is 3.08. The number of primary sulfonamides is 1. The summed E-state index contributed by atoms with van der Waals surface area (Å²) in [6.07, 6.45) is 0. The summed E-state index contributed by atoms with van der Waals surface area (Å²) >= 11 is 1.60.